The van der Waals surface area contributed by atoms with E-state index in [1.54, 1.807) is 0 Å². The van der Waals surface area contributed by atoms with Gasteiger partial charge in [-0.05, 0) is 0 Å². The zero-order chi connectivity index (χ0) is 13.4. The van der Waals surface area contributed by atoms with E-state index in [0.717, 1.165) is 11.1 Å². The molecule has 0 spiro atoms. The molecular formula is C13H10O4P-3. The topological polar surface area (TPSA) is 86.2 Å². The number of carbonyl (C=O) groups is 1. The van der Waals surface area contributed by atoms with Gasteiger partial charge in [-0.15, -0.1) is 0 Å². The molecule has 0 aliphatic carbocycles. The van der Waals surface area contributed by atoms with E-state index in [9.17, 15) is 4.79 Å². The van der Waals surface area contributed by atoms with Gasteiger partial charge in [0.2, 0.25) is 0 Å². The van der Waals surface area contributed by atoms with Crippen molar-refractivity contribution in [2.75, 3.05) is 0 Å². The van der Waals surface area contributed by atoms with Crippen molar-refractivity contribution in [3.8, 4) is 0 Å². The molecule has 2 aromatic carbocycles. The predicted octanol–water partition coefficient (Wildman–Crippen LogP) is 0.212. The summed E-state index contributed by atoms with van der Waals surface area (Å²) >= 11 is 0. The molecule has 0 aromatic heterocycles. The third-order valence-electron chi connectivity index (χ3n) is 2.07. The molecule has 0 aliphatic rings. The second-order valence-corrected chi connectivity index (χ2v) is 3.73. The third kappa shape index (κ3) is 5.17. The second-order valence-electron chi connectivity index (χ2n) is 3.28. The quantitative estimate of drug-likeness (QED) is 0.571. The Morgan fingerprint density at radius 3 is 1.28 bits per heavy atom. The molecule has 0 atom stereocenters. The average molecular weight is 261 g/mol. The Balaban J connectivity index is 0.000000357. The second kappa shape index (κ2) is 7.69. The van der Waals surface area contributed by atoms with Gasteiger partial charge in [-0.1, -0.05) is 60.7 Å². The van der Waals surface area contributed by atoms with E-state index in [1.165, 1.54) is 0 Å². The van der Waals surface area contributed by atoms with Gasteiger partial charge in [0, 0.05) is 11.1 Å². The van der Waals surface area contributed by atoms with Crippen molar-refractivity contribution in [3.05, 3.63) is 71.8 Å². The van der Waals surface area contributed by atoms with Crippen LogP contribution in [0.25, 0.3) is 0 Å². The van der Waals surface area contributed by atoms with Crippen LogP contribution in [0.15, 0.2) is 60.7 Å². The third-order valence-corrected chi connectivity index (χ3v) is 2.07. The minimum absolute atomic E-state index is 0.0752. The van der Waals surface area contributed by atoms with Crippen molar-refractivity contribution in [2.45, 2.75) is 0 Å². The van der Waals surface area contributed by atoms with E-state index in [0.29, 0.717) is 0 Å². The molecule has 0 N–H and O–H groups in total. The summed E-state index contributed by atoms with van der Waals surface area (Å²) in [6.07, 6.45) is 0. The normalized spacial score (nSPS) is 9.56. The van der Waals surface area contributed by atoms with Gasteiger partial charge in [-0.2, -0.15) is 0 Å². The summed E-state index contributed by atoms with van der Waals surface area (Å²) in [5.41, 5.74) is 1.47. The van der Waals surface area contributed by atoms with Gasteiger partial charge in [-0.3, -0.25) is 4.79 Å². The standard InChI is InChI=1S/C13H10O.O3P/c14-13(11-7-3-1-4-8-11)12-9-5-2-6-10-12;1-4(2)3/h1-10H;/q;-3. The molecule has 18 heavy (non-hydrogen) atoms. The maximum atomic E-state index is 11.8. The van der Waals surface area contributed by atoms with Crippen LogP contribution >= 0.6 is 8.60 Å². The molecule has 2 aromatic rings. The Labute approximate surface area is 106 Å². The zero-order valence-corrected chi connectivity index (χ0v) is 10.2. The number of rotatable bonds is 2. The first-order chi connectivity index (χ1) is 8.61. The fraction of sp³-hybridized carbons (Fsp3) is 0. The minimum atomic E-state index is -3.37. The molecule has 0 unspecified atom stereocenters. The van der Waals surface area contributed by atoms with Gasteiger partial charge in [0.05, 0.1) is 0 Å². The summed E-state index contributed by atoms with van der Waals surface area (Å²) in [6.45, 7) is 0. The van der Waals surface area contributed by atoms with Gasteiger partial charge in [0.25, 0.3) is 0 Å². The molecule has 4 nitrogen and oxygen atoms in total. The highest BCUT2D eigenvalue weighted by Gasteiger charge is 2.06. The van der Waals surface area contributed by atoms with Gasteiger partial charge in [0.15, 0.2) is 5.78 Å². The maximum Gasteiger partial charge on any atom is 0.193 e. The lowest BCUT2D eigenvalue weighted by Crippen LogP contribution is -2.18. The largest absolute Gasteiger partial charge is 0.854 e. The summed E-state index contributed by atoms with van der Waals surface area (Å²) in [6, 6.07) is 18.6. The first-order valence-electron chi connectivity index (χ1n) is 5.07. The summed E-state index contributed by atoms with van der Waals surface area (Å²) in [7, 11) is -3.37. The number of benzene rings is 2. The molecule has 94 valence electrons. The molecule has 0 radical (unpaired) electrons. The van der Waals surface area contributed by atoms with Crippen LogP contribution in [0.2, 0.25) is 0 Å². The number of carbonyl (C=O) groups excluding carboxylic acids is 1. The zero-order valence-electron chi connectivity index (χ0n) is 9.35. The van der Waals surface area contributed by atoms with Crippen LogP contribution in [0.4, 0.5) is 0 Å². The average Bonchev–Trinajstić information content (AvgIpc) is 2.39. The van der Waals surface area contributed by atoms with Crippen molar-refractivity contribution in [1.82, 2.24) is 0 Å². The van der Waals surface area contributed by atoms with E-state index < -0.39 is 8.60 Å². The van der Waals surface area contributed by atoms with Gasteiger partial charge >= 0.3 is 0 Å². The van der Waals surface area contributed by atoms with E-state index >= 15 is 0 Å². The number of hydrogen-bond acceptors (Lipinski definition) is 4. The van der Waals surface area contributed by atoms with E-state index in [4.69, 9.17) is 14.7 Å². The van der Waals surface area contributed by atoms with Crippen molar-refractivity contribution >= 4 is 14.4 Å². The van der Waals surface area contributed by atoms with Gasteiger partial charge in [-0.25, -0.2) is 0 Å². The molecule has 0 heterocycles. The summed E-state index contributed by atoms with van der Waals surface area (Å²) in [5.74, 6) is 0.0752. The Bertz CT molecular complexity index is 427. The Morgan fingerprint density at radius 2 is 1.00 bits per heavy atom. The first-order valence-corrected chi connectivity index (χ1v) is 6.17. The van der Waals surface area contributed by atoms with Crippen molar-refractivity contribution < 1.29 is 19.5 Å². The Kier molecular flexibility index (Phi) is 6.19. The molecule has 5 heteroatoms. The van der Waals surface area contributed by atoms with Gasteiger partial charge in [0.1, 0.15) is 0 Å². The fourth-order valence-corrected chi connectivity index (χ4v) is 1.35. The predicted molar refractivity (Wildman–Crippen MR) is 63.2 cm³/mol. The lowest BCUT2D eigenvalue weighted by atomic mass is 10.0. The van der Waals surface area contributed by atoms with Gasteiger partial charge < -0.3 is 23.3 Å². The van der Waals surface area contributed by atoms with E-state index in [2.05, 4.69) is 0 Å². The van der Waals surface area contributed by atoms with Crippen LogP contribution in [-0.2, 0) is 0 Å². The monoisotopic (exact) mass is 261 g/mol. The highest BCUT2D eigenvalue weighted by molar-refractivity contribution is 7.33. The Hall–Kier alpha value is -1.58. The number of hydrogen-bond donors (Lipinski definition) is 0. The number of ketones is 1. The molecule has 0 bridgehead atoms. The fourth-order valence-electron chi connectivity index (χ4n) is 1.35. The molecule has 0 saturated carbocycles. The molecule has 2 rings (SSSR count). The van der Waals surface area contributed by atoms with Crippen molar-refractivity contribution in [1.29, 1.82) is 0 Å². The first kappa shape index (κ1) is 14.5. The summed E-state index contributed by atoms with van der Waals surface area (Å²) in [5, 5.41) is 0. The molecule has 0 fully saturated rings. The smallest absolute Gasteiger partial charge is 0.193 e. The van der Waals surface area contributed by atoms with Crippen molar-refractivity contribution in [3.63, 3.8) is 0 Å². The highest BCUT2D eigenvalue weighted by Crippen LogP contribution is 2.08. The van der Waals surface area contributed by atoms with Crippen LogP contribution in [0, 0.1) is 0 Å². The molecule has 0 saturated heterocycles. The van der Waals surface area contributed by atoms with Crippen LogP contribution in [0.3, 0.4) is 0 Å². The molecule has 0 amide bonds. The van der Waals surface area contributed by atoms with Crippen LogP contribution in [-0.4, -0.2) is 5.78 Å². The lowest BCUT2D eigenvalue weighted by molar-refractivity contribution is -0.407. The highest BCUT2D eigenvalue weighted by atomic mass is 31.2. The molecule has 0 aliphatic heterocycles. The minimum Gasteiger partial charge on any atom is -0.854 e. The van der Waals surface area contributed by atoms with E-state index in [-0.39, 0.29) is 5.78 Å². The van der Waals surface area contributed by atoms with Crippen LogP contribution in [0.5, 0.6) is 0 Å². The Morgan fingerprint density at radius 1 is 0.722 bits per heavy atom. The van der Waals surface area contributed by atoms with Crippen LogP contribution < -0.4 is 14.7 Å². The molecular weight excluding hydrogens is 251 g/mol. The van der Waals surface area contributed by atoms with Crippen molar-refractivity contribution in [2.24, 2.45) is 0 Å². The lowest BCUT2D eigenvalue weighted by Gasteiger charge is -2.39. The summed E-state index contributed by atoms with van der Waals surface area (Å²) < 4.78 is 0. The SMILES string of the molecule is O=C(c1ccccc1)c1ccccc1.[O-]P([O-])[O-]. The summed E-state index contributed by atoms with van der Waals surface area (Å²) in [4.78, 5) is 37.3. The van der Waals surface area contributed by atoms with Crippen LogP contribution in [0.1, 0.15) is 15.9 Å². The van der Waals surface area contributed by atoms with E-state index in [1.807, 2.05) is 60.7 Å². The maximum absolute atomic E-state index is 11.8.